The van der Waals surface area contributed by atoms with E-state index < -0.39 is 11.6 Å². The van der Waals surface area contributed by atoms with E-state index in [2.05, 4.69) is 43.1 Å². The molecule has 194 valence electrons. The van der Waals surface area contributed by atoms with Crippen molar-refractivity contribution >= 4 is 23.4 Å². The molecule has 0 bridgehead atoms. The van der Waals surface area contributed by atoms with Gasteiger partial charge in [0.15, 0.2) is 0 Å². The average molecular weight is 512 g/mol. The lowest BCUT2D eigenvalue weighted by atomic mass is 9.80. The summed E-state index contributed by atoms with van der Waals surface area (Å²) in [7, 11) is 0. The monoisotopic (exact) mass is 511 g/mol. The zero-order valence-corrected chi connectivity index (χ0v) is 22.4. The van der Waals surface area contributed by atoms with Gasteiger partial charge >= 0.3 is 0 Å². The number of hydrogen-bond donors (Lipinski definition) is 1. The Morgan fingerprint density at radius 1 is 1.03 bits per heavy atom. The smallest absolute Gasteiger partial charge is 0.246 e. The van der Waals surface area contributed by atoms with Gasteiger partial charge in [-0.2, -0.15) is 0 Å². The Bertz CT molecular complexity index is 1030. The average Bonchev–Trinajstić information content (AvgIpc) is 2.86. The first kappa shape index (κ1) is 26.5. The zero-order chi connectivity index (χ0) is 25.7. The number of nitrogens with zero attached hydrogens (tertiary/aromatic N) is 2. The van der Waals surface area contributed by atoms with Gasteiger partial charge in [-0.1, -0.05) is 50.9 Å². The lowest BCUT2D eigenvalue weighted by Crippen LogP contribution is -2.73. The summed E-state index contributed by atoms with van der Waals surface area (Å²) in [5.74, 6) is 2.01. The quantitative estimate of drug-likeness (QED) is 0.473. The van der Waals surface area contributed by atoms with Crippen molar-refractivity contribution in [1.82, 2.24) is 15.1 Å². The minimum Gasteiger partial charge on any atom is -0.457 e. The van der Waals surface area contributed by atoms with Crippen LogP contribution in [-0.2, 0) is 16.1 Å². The summed E-state index contributed by atoms with van der Waals surface area (Å²) < 4.78 is 5.90. The maximum absolute atomic E-state index is 13.4. The van der Waals surface area contributed by atoms with E-state index in [0.29, 0.717) is 36.7 Å². The Kier molecular flexibility index (Phi) is 8.58. The van der Waals surface area contributed by atoms with E-state index in [9.17, 15) is 9.59 Å². The van der Waals surface area contributed by atoms with Crippen LogP contribution >= 0.6 is 11.6 Å². The predicted octanol–water partition coefficient (Wildman–Crippen LogP) is 5.64. The molecule has 2 fully saturated rings. The summed E-state index contributed by atoms with van der Waals surface area (Å²) >= 11 is 5.94. The lowest BCUT2D eigenvalue weighted by molar-refractivity contribution is -0.161. The molecule has 2 aromatic rings. The second-order valence-electron chi connectivity index (χ2n) is 10.5. The number of carbonyl (C=O) groups is 2. The number of nitrogens with one attached hydrogen (secondary N) is 1. The number of amides is 2. The first-order valence-electron chi connectivity index (χ1n) is 13.2. The van der Waals surface area contributed by atoms with Crippen LogP contribution in [0.3, 0.4) is 0 Å². The van der Waals surface area contributed by atoms with Gasteiger partial charge < -0.3 is 15.0 Å². The second kappa shape index (κ2) is 11.7. The first-order chi connectivity index (χ1) is 17.3. The standard InChI is InChI=1S/C29H38ClN3O3/c1-4-5-16-33-27(34)26(19-21(2)3)31-28(35)29(33)14-17-32(18-15-29)20-22-6-10-24(11-7-22)36-25-12-8-23(30)9-13-25/h6-13,21,26H,4-5,14-20H2,1-3H3,(H,31,35). The van der Waals surface area contributed by atoms with Crippen LogP contribution in [-0.4, -0.2) is 52.8 Å². The fraction of sp³-hybridized carbons (Fsp3) is 0.517. The first-order valence-corrected chi connectivity index (χ1v) is 13.6. The molecule has 0 aliphatic carbocycles. The van der Waals surface area contributed by atoms with Crippen molar-refractivity contribution in [2.24, 2.45) is 5.92 Å². The Labute approximate surface area is 219 Å². The van der Waals surface area contributed by atoms with Crippen LogP contribution in [0.5, 0.6) is 11.5 Å². The molecule has 1 atom stereocenters. The van der Waals surface area contributed by atoms with Gasteiger partial charge in [-0.3, -0.25) is 14.5 Å². The number of halogens is 1. The number of unbranched alkanes of at least 4 members (excludes halogenated alkanes) is 1. The van der Waals surface area contributed by atoms with Crippen molar-refractivity contribution in [2.75, 3.05) is 19.6 Å². The number of hydrogen-bond acceptors (Lipinski definition) is 4. The van der Waals surface area contributed by atoms with E-state index >= 15 is 0 Å². The van der Waals surface area contributed by atoms with Gasteiger partial charge in [0.1, 0.15) is 23.1 Å². The van der Waals surface area contributed by atoms with Crippen LogP contribution in [0, 0.1) is 5.92 Å². The highest BCUT2D eigenvalue weighted by Gasteiger charge is 2.53. The van der Waals surface area contributed by atoms with Crippen LogP contribution in [0.2, 0.25) is 5.02 Å². The Hall–Kier alpha value is -2.57. The molecule has 2 amide bonds. The SMILES string of the molecule is CCCCN1C(=O)C(CC(C)C)NC(=O)C12CCN(Cc1ccc(Oc3ccc(Cl)cc3)cc1)CC2. The van der Waals surface area contributed by atoms with Crippen molar-refractivity contribution in [3.8, 4) is 11.5 Å². The third kappa shape index (κ3) is 6.04. The molecule has 2 aromatic carbocycles. The van der Waals surface area contributed by atoms with Crippen LogP contribution in [0.15, 0.2) is 48.5 Å². The third-order valence-electron chi connectivity index (χ3n) is 7.31. The van der Waals surface area contributed by atoms with Crippen LogP contribution in [0.25, 0.3) is 0 Å². The molecule has 0 aromatic heterocycles. The van der Waals surface area contributed by atoms with E-state index in [1.807, 2.05) is 41.3 Å². The second-order valence-corrected chi connectivity index (χ2v) is 10.9. The Morgan fingerprint density at radius 3 is 2.22 bits per heavy atom. The topological polar surface area (TPSA) is 61.9 Å². The zero-order valence-electron chi connectivity index (χ0n) is 21.6. The molecule has 0 radical (unpaired) electrons. The van der Waals surface area contributed by atoms with Gasteiger partial charge in [0.25, 0.3) is 0 Å². The minimum absolute atomic E-state index is 0.0344. The van der Waals surface area contributed by atoms with Gasteiger partial charge in [-0.25, -0.2) is 0 Å². The molecular weight excluding hydrogens is 474 g/mol. The Balaban J connectivity index is 1.38. The lowest BCUT2D eigenvalue weighted by Gasteiger charge is -2.52. The summed E-state index contributed by atoms with van der Waals surface area (Å²) in [6, 6.07) is 15.0. The minimum atomic E-state index is -0.716. The van der Waals surface area contributed by atoms with E-state index in [0.717, 1.165) is 44.0 Å². The fourth-order valence-corrected chi connectivity index (χ4v) is 5.41. The van der Waals surface area contributed by atoms with Crippen molar-refractivity contribution in [3.05, 3.63) is 59.1 Å². The Morgan fingerprint density at radius 2 is 1.64 bits per heavy atom. The molecular formula is C29H38ClN3O3. The number of carbonyl (C=O) groups excluding carboxylic acids is 2. The molecule has 1 spiro atoms. The number of piperazine rings is 1. The van der Waals surface area contributed by atoms with Crippen molar-refractivity contribution in [1.29, 1.82) is 0 Å². The molecule has 1 N–H and O–H groups in total. The van der Waals surface area contributed by atoms with E-state index in [4.69, 9.17) is 16.3 Å². The molecule has 7 heteroatoms. The maximum atomic E-state index is 13.4. The molecule has 2 saturated heterocycles. The third-order valence-corrected chi connectivity index (χ3v) is 7.57. The molecule has 0 saturated carbocycles. The normalized spacial score (nSPS) is 20.1. The summed E-state index contributed by atoms with van der Waals surface area (Å²) in [6.45, 7) is 9.33. The highest BCUT2D eigenvalue weighted by atomic mass is 35.5. The number of benzene rings is 2. The highest BCUT2D eigenvalue weighted by molar-refractivity contribution is 6.30. The van der Waals surface area contributed by atoms with Gasteiger partial charge in [-0.05, 0) is 73.6 Å². The van der Waals surface area contributed by atoms with Crippen molar-refractivity contribution < 1.29 is 14.3 Å². The summed E-state index contributed by atoms with van der Waals surface area (Å²) in [6.07, 6.45) is 3.94. The largest absolute Gasteiger partial charge is 0.457 e. The molecule has 2 aliphatic rings. The summed E-state index contributed by atoms with van der Waals surface area (Å²) in [4.78, 5) is 31.1. The molecule has 36 heavy (non-hydrogen) atoms. The van der Waals surface area contributed by atoms with Gasteiger partial charge in [-0.15, -0.1) is 0 Å². The van der Waals surface area contributed by atoms with Gasteiger partial charge in [0, 0.05) is 31.2 Å². The number of rotatable bonds is 9. The van der Waals surface area contributed by atoms with Gasteiger partial charge in [0.05, 0.1) is 0 Å². The van der Waals surface area contributed by atoms with E-state index in [-0.39, 0.29) is 11.8 Å². The number of likely N-dealkylation sites (tertiary alicyclic amines) is 1. The van der Waals surface area contributed by atoms with Crippen LogP contribution in [0.1, 0.15) is 58.4 Å². The maximum Gasteiger partial charge on any atom is 0.246 e. The number of piperidine rings is 1. The number of ether oxygens (including phenoxy) is 1. The van der Waals surface area contributed by atoms with Gasteiger partial charge in [0.2, 0.25) is 11.8 Å². The van der Waals surface area contributed by atoms with Crippen LogP contribution < -0.4 is 10.1 Å². The molecule has 1 unspecified atom stereocenters. The highest BCUT2D eigenvalue weighted by Crippen LogP contribution is 2.35. The summed E-state index contributed by atoms with van der Waals surface area (Å²) in [5.41, 5.74) is 0.477. The summed E-state index contributed by atoms with van der Waals surface area (Å²) in [5, 5.41) is 3.77. The van der Waals surface area contributed by atoms with Crippen LogP contribution in [0.4, 0.5) is 0 Å². The van der Waals surface area contributed by atoms with E-state index in [1.165, 1.54) is 5.56 Å². The molecule has 6 nitrogen and oxygen atoms in total. The predicted molar refractivity (Wildman–Crippen MR) is 143 cm³/mol. The molecule has 2 heterocycles. The van der Waals surface area contributed by atoms with E-state index in [1.54, 1.807) is 0 Å². The van der Waals surface area contributed by atoms with Crippen molar-refractivity contribution in [3.63, 3.8) is 0 Å². The fourth-order valence-electron chi connectivity index (χ4n) is 5.29. The van der Waals surface area contributed by atoms with Crippen molar-refractivity contribution in [2.45, 2.75) is 71.0 Å². The molecule has 2 aliphatic heterocycles. The molecule has 4 rings (SSSR count).